The Labute approximate surface area is 205 Å². The molecule has 3 aromatic carbocycles. The highest BCUT2D eigenvalue weighted by molar-refractivity contribution is 7.13. The van der Waals surface area contributed by atoms with Gasteiger partial charge in [0.1, 0.15) is 5.82 Å². The third kappa shape index (κ3) is 4.28. The van der Waals surface area contributed by atoms with Gasteiger partial charge in [-0.3, -0.25) is 9.59 Å². The first-order chi connectivity index (χ1) is 17.0. The van der Waals surface area contributed by atoms with E-state index in [0.717, 1.165) is 39.6 Å². The van der Waals surface area contributed by atoms with Gasteiger partial charge in [-0.05, 0) is 70.2 Å². The summed E-state index contributed by atoms with van der Waals surface area (Å²) >= 11 is 1.47. The summed E-state index contributed by atoms with van der Waals surface area (Å²) in [6.45, 7) is 6.70. The Balaban J connectivity index is 1.47. The summed E-state index contributed by atoms with van der Waals surface area (Å²) in [5.41, 5.74) is 3.03. The van der Waals surface area contributed by atoms with E-state index in [2.05, 4.69) is 4.85 Å². The number of nitrogens with zero attached hydrogens (tertiary/aromatic N) is 1. The molecule has 0 saturated carbocycles. The molecule has 1 aliphatic carbocycles. The molecule has 5 rings (SSSR count). The fraction of sp³-hybridized carbons (Fsp3) is 0.207. The van der Waals surface area contributed by atoms with Crippen molar-refractivity contribution in [1.82, 2.24) is 0 Å². The van der Waals surface area contributed by atoms with Gasteiger partial charge in [0.15, 0.2) is 18.2 Å². The van der Waals surface area contributed by atoms with E-state index in [0.29, 0.717) is 22.5 Å². The molecule has 6 heteroatoms. The van der Waals surface area contributed by atoms with E-state index in [1.165, 1.54) is 23.5 Å². The van der Waals surface area contributed by atoms with Crippen molar-refractivity contribution in [2.75, 3.05) is 6.67 Å². The van der Waals surface area contributed by atoms with Gasteiger partial charge in [-0.15, -0.1) is 0 Å². The summed E-state index contributed by atoms with van der Waals surface area (Å²) in [7, 11) is 0. The highest BCUT2D eigenvalue weighted by Crippen LogP contribution is 2.45. The average Bonchev–Trinajstić information content (AvgIpc) is 3.23. The van der Waals surface area contributed by atoms with Gasteiger partial charge in [-0.25, -0.2) is 13.6 Å². The van der Waals surface area contributed by atoms with Gasteiger partial charge < -0.3 is 0 Å². The number of alkyl halides is 1. The molecule has 0 spiro atoms. The molecule has 0 bridgehead atoms. The summed E-state index contributed by atoms with van der Waals surface area (Å²) in [4.78, 5) is 30.2. The van der Waals surface area contributed by atoms with Crippen LogP contribution >= 0.6 is 11.3 Å². The first-order valence-corrected chi connectivity index (χ1v) is 12.2. The Bertz CT molecular complexity index is 1520. The molecule has 3 nitrogen and oxygen atoms in total. The summed E-state index contributed by atoms with van der Waals surface area (Å²) in [5, 5.41) is 1.94. The molecule has 0 saturated heterocycles. The van der Waals surface area contributed by atoms with Crippen LogP contribution in [0, 0.1) is 12.4 Å². The van der Waals surface area contributed by atoms with Crippen molar-refractivity contribution in [1.29, 1.82) is 0 Å². The van der Waals surface area contributed by atoms with Crippen molar-refractivity contribution in [3.8, 4) is 0 Å². The van der Waals surface area contributed by atoms with E-state index in [4.69, 9.17) is 6.57 Å². The fourth-order valence-electron chi connectivity index (χ4n) is 4.97. The van der Waals surface area contributed by atoms with Gasteiger partial charge in [-0.2, -0.15) is 11.3 Å². The zero-order valence-corrected chi connectivity index (χ0v) is 19.6. The quantitative estimate of drug-likeness (QED) is 0.210. The summed E-state index contributed by atoms with van der Waals surface area (Å²) < 4.78 is 27.1. The molecule has 0 amide bonds. The minimum absolute atomic E-state index is 0.00392. The molecule has 1 atom stereocenters. The van der Waals surface area contributed by atoms with E-state index in [1.807, 2.05) is 24.3 Å². The van der Waals surface area contributed by atoms with E-state index in [-0.39, 0.29) is 23.7 Å². The van der Waals surface area contributed by atoms with E-state index < -0.39 is 18.3 Å². The van der Waals surface area contributed by atoms with Gasteiger partial charge in [0, 0.05) is 16.9 Å². The SMILES string of the molecule is [C-]#[N+]c1c(CC(=O)c2ccccc2F)sc2c1CCC(c1cccc3ccc(C(=O)CF)cc13)C2. The Hall–Kier alpha value is -3.69. The van der Waals surface area contributed by atoms with Crippen LogP contribution in [0.4, 0.5) is 14.5 Å². The molecule has 4 aromatic rings. The number of carbonyl (C=O) groups is 2. The van der Waals surface area contributed by atoms with Crippen LogP contribution in [0.15, 0.2) is 60.7 Å². The van der Waals surface area contributed by atoms with Crippen molar-refractivity contribution < 1.29 is 18.4 Å². The fourth-order valence-corrected chi connectivity index (χ4v) is 6.35. The highest BCUT2D eigenvalue weighted by atomic mass is 32.1. The van der Waals surface area contributed by atoms with Crippen LogP contribution in [0.3, 0.4) is 0 Å². The topological polar surface area (TPSA) is 38.5 Å². The maximum Gasteiger partial charge on any atom is 0.204 e. The van der Waals surface area contributed by atoms with E-state index in [1.54, 1.807) is 24.3 Å². The van der Waals surface area contributed by atoms with Crippen LogP contribution in [-0.2, 0) is 19.3 Å². The summed E-state index contributed by atoms with van der Waals surface area (Å²) in [6.07, 6.45) is 2.26. The second kappa shape index (κ2) is 9.52. The van der Waals surface area contributed by atoms with Gasteiger partial charge in [0.25, 0.3) is 0 Å². The number of hydrogen-bond donors (Lipinski definition) is 0. The molecular formula is C29H21F2NO2S. The number of rotatable bonds is 6. The number of fused-ring (bicyclic) bond motifs is 2. The second-order valence-electron chi connectivity index (χ2n) is 8.75. The number of thiophene rings is 1. The van der Waals surface area contributed by atoms with Crippen LogP contribution in [0.25, 0.3) is 15.6 Å². The monoisotopic (exact) mass is 485 g/mol. The van der Waals surface area contributed by atoms with Gasteiger partial charge in [-0.1, -0.05) is 42.5 Å². The Morgan fingerprint density at radius 2 is 1.89 bits per heavy atom. The minimum Gasteiger partial charge on any atom is -0.294 e. The number of ketones is 2. The van der Waals surface area contributed by atoms with Crippen LogP contribution in [0.2, 0.25) is 0 Å². The molecule has 0 N–H and O–H groups in total. The predicted molar refractivity (Wildman–Crippen MR) is 134 cm³/mol. The number of hydrogen-bond acceptors (Lipinski definition) is 3. The highest BCUT2D eigenvalue weighted by Gasteiger charge is 2.28. The number of halogens is 2. The molecular weight excluding hydrogens is 464 g/mol. The van der Waals surface area contributed by atoms with E-state index in [9.17, 15) is 18.4 Å². The minimum atomic E-state index is -1.02. The lowest BCUT2D eigenvalue weighted by molar-refractivity contribution is 0.0957. The smallest absolute Gasteiger partial charge is 0.204 e. The van der Waals surface area contributed by atoms with Gasteiger partial charge in [0.2, 0.25) is 5.69 Å². The third-order valence-electron chi connectivity index (χ3n) is 6.71. The number of carbonyl (C=O) groups excluding carboxylic acids is 2. The Morgan fingerprint density at radius 3 is 2.66 bits per heavy atom. The van der Waals surface area contributed by atoms with Crippen molar-refractivity contribution in [2.24, 2.45) is 0 Å². The molecule has 1 aliphatic rings. The zero-order valence-electron chi connectivity index (χ0n) is 18.8. The third-order valence-corrected chi connectivity index (χ3v) is 7.96. The summed E-state index contributed by atoms with van der Waals surface area (Å²) in [6, 6.07) is 17.2. The van der Waals surface area contributed by atoms with Crippen LogP contribution in [0.1, 0.15) is 53.9 Å². The average molecular weight is 486 g/mol. The Morgan fingerprint density at radius 1 is 1.06 bits per heavy atom. The van der Waals surface area contributed by atoms with Crippen LogP contribution in [-0.4, -0.2) is 18.2 Å². The van der Waals surface area contributed by atoms with Crippen molar-refractivity contribution in [3.05, 3.63) is 110 Å². The lowest BCUT2D eigenvalue weighted by Crippen LogP contribution is -2.11. The number of Topliss-reactive ketones (excluding diaryl/α,β-unsaturated/α-hetero) is 2. The molecule has 0 fully saturated rings. The molecule has 1 heterocycles. The summed E-state index contributed by atoms with van der Waals surface area (Å²) in [5.74, 6) is -1.24. The zero-order chi connectivity index (χ0) is 24.5. The molecule has 174 valence electrons. The number of benzene rings is 3. The first-order valence-electron chi connectivity index (χ1n) is 11.4. The van der Waals surface area contributed by atoms with Gasteiger partial charge in [0.05, 0.1) is 12.1 Å². The lowest BCUT2D eigenvalue weighted by atomic mass is 9.81. The van der Waals surface area contributed by atoms with Crippen molar-refractivity contribution in [2.45, 2.75) is 31.6 Å². The molecule has 1 aromatic heterocycles. The molecule has 35 heavy (non-hydrogen) atoms. The van der Waals surface area contributed by atoms with Gasteiger partial charge >= 0.3 is 0 Å². The van der Waals surface area contributed by atoms with Crippen molar-refractivity contribution >= 4 is 39.4 Å². The maximum absolute atomic E-state index is 14.1. The standard InChI is InChI=1S/C29H21F2NO2S/c1-32-29-22-12-11-18(20-7-4-5-17-9-10-19(13-23(17)20)26(34)16-30)14-27(22)35-28(29)15-25(33)21-6-2-3-8-24(21)31/h2-10,13,18H,11-12,14-16H2. The largest absolute Gasteiger partial charge is 0.294 e. The maximum atomic E-state index is 14.1. The lowest BCUT2D eigenvalue weighted by Gasteiger charge is -2.24. The molecule has 1 unspecified atom stereocenters. The normalized spacial score (nSPS) is 14.9. The van der Waals surface area contributed by atoms with E-state index >= 15 is 0 Å². The second-order valence-corrected chi connectivity index (χ2v) is 9.94. The first kappa shape index (κ1) is 23.1. The molecule has 0 aliphatic heterocycles. The Kier molecular flexibility index (Phi) is 6.27. The van der Waals surface area contributed by atoms with Crippen LogP contribution < -0.4 is 0 Å². The van der Waals surface area contributed by atoms with Crippen molar-refractivity contribution in [3.63, 3.8) is 0 Å². The van der Waals surface area contributed by atoms with Crippen LogP contribution in [0.5, 0.6) is 0 Å². The predicted octanol–water partition coefficient (Wildman–Crippen LogP) is 7.44. The molecule has 0 radical (unpaired) electrons.